The molecule has 3 aromatic rings. The second kappa shape index (κ2) is 4.01. The van der Waals surface area contributed by atoms with Crippen molar-refractivity contribution in [1.29, 1.82) is 0 Å². The van der Waals surface area contributed by atoms with Crippen LogP contribution in [0.5, 0.6) is 0 Å². The van der Waals surface area contributed by atoms with E-state index in [0.29, 0.717) is 0 Å². The van der Waals surface area contributed by atoms with Gasteiger partial charge in [0.1, 0.15) is 0 Å². The van der Waals surface area contributed by atoms with E-state index in [0.717, 1.165) is 12.2 Å². The fourth-order valence-electron chi connectivity index (χ4n) is 2.03. The minimum absolute atomic E-state index is 0.858. The Labute approximate surface area is 100 Å². The predicted molar refractivity (Wildman–Crippen MR) is 71.0 cm³/mol. The number of aromatic amines is 1. The van der Waals surface area contributed by atoms with Crippen molar-refractivity contribution >= 4 is 16.6 Å². The summed E-state index contributed by atoms with van der Waals surface area (Å²) in [6, 6.07) is 10.6. The van der Waals surface area contributed by atoms with Gasteiger partial charge in [-0.25, -0.2) is 0 Å². The van der Waals surface area contributed by atoms with Crippen molar-refractivity contribution in [3.63, 3.8) is 0 Å². The molecule has 3 nitrogen and oxygen atoms in total. The van der Waals surface area contributed by atoms with Crippen LogP contribution < -0.4 is 5.32 Å². The average molecular weight is 225 g/mol. The number of fused-ring (bicyclic) bond motifs is 1. The second-order valence-electron chi connectivity index (χ2n) is 4.32. The lowest BCUT2D eigenvalue weighted by Crippen LogP contribution is -1.97. The van der Waals surface area contributed by atoms with E-state index in [1.165, 1.54) is 16.5 Å². The normalized spacial score (nSPS) is 10.9. The van der Waals surface area contributed by atoms with Gasteiger partial charge in [0, 0.05) is 48.8 Å². The summed E-state index contributed by atoms with van der Waals surface area (Å²) in [7, 11) is 2.04. The minimum atomic E-state index is 0.858. The molecule has 1 aromatic carbocycles. The van der Waals surface area contributed by atoms with Crippen molar-refractivity contribution in [3.05, 3.63) is 54.5 Å². The lowest BCUT2D eigenvalue weighted by Gasteiger charge is -2.05. The molecule has 0 bridgehead atoms. The number of nitrogens with one attached hydrogen (secondary N) is 2. The first kappa shape index (κ1) is 10.0. The van der Waals surface area contributed by atoms with Gasteiger partial charge in [0.25, 0.3) is 0 Å². The molecule has 3 heteroatoms. The molecule has 3 rings (SSSR count). The number of hydrogen-bond donors (Lipinski definition) is 2. The molecular formula is C14H15N3. The van der Waals surface area contributed by atoms with Gasteiger partial charge in [-0.05, 0) is 35.9 Å². The zero-order valence-electron chi connectivity index (χ0n) is 9.77. The Bertz CT molecular complexity index is 634. The third-order valence-corrected chi connectivity index (χ3v) is 2.94. The number of anilines is 1. The summed E-state index contributed by atoms with van der Waals surface area (Å²) < 4.78 is 2.06. The number of H-pyrrole nitrogens is 1. The van der Waals surface area contributed by atoms with Gasteiger partial charge in [0.05, 0.1) is 0 Å². The molecule has 17 heavy (non-hydrogen) atoms. The molecular weight excluding hydrogens is 210 g/mol. The van der Waals surface area contributed by atoms with E-state index in [4.69, 9.17) is 0 Å². The van der Waals surface area contributed by atoms with Crippen LogP contribution in [0.4, 0.5) is 5.69 Å². The van der Waals surface area contributed by atoms with E-state index in [2.05, 4.69) is 57.6 Å². The molecule has 0 fully saturated rings. The summed E-state index contributed by atoms with van der Waals surface area (Å²) >= 11 is 0. The first-order valence-corrected chi connectivity index (χ1v) is 5.73. The van der Waals surface area contributed by atoms with Gasteiger partial charge in [0.15, 0.2) is 0 Å². The summed E-state index contributed by atoms with van der Waals surface area (Å²) in [5.74, 6) is 0. The molecule has 0 amide bonds. The molecule has 0 radical (unpaired) electrons. The fourth-order valence-corrected chi connectivity index (χ4v) is 2.03. The molecule has 2 aromatic heterocycles. The molecule has 2 heterocycles. The maximum atomic E-state index is 3.43. The van der Waals surface area contributed by atoms with Gasteiger partial charge < -0.3 is 14.9 Å². The van der Waals surface area contributed by atoms with Gasteiger partial charge in [-0.2, -0.15) is 0 Å². The van der Waals surface area contributed by atoms with Gasteiger partial charge in [-0.1, -0.05) is 0 Å². The molecule has 0 saturated heterocycles. The number of rotatable bonds is 3. The van der Waals surface area contributed by atoms with Gasteiger partial charge in [-0.3, -0.25) is 0 Å². The summed E-state index contributed by atoms with van der Waals surface area (Å²) in [6.07, 6.45) is 6.15. The number of aryl methyl sites for hydroxylation is 1. The molecule has 0 unspecified atom stereocenters. The average Bonchev–Trinajstić information content (AvgIpc) is 2.94. The van der Waals surface area contributed by atoms with E-state index >= 15 is 0 Å². The lowest BCUT2D eigenvalue weighted by atomic mass is 10.2. The van der Waals surface area contributed by atoms with Crippen LogP contribution in [0.3, 0.4) is 0 Å². The predicted octanol–water partition coefficient (Wildman–Crippen LogP) is 3.12. The van der Waals surface area contributed by atoms with Crippen molar-refractivity contribution in [2.24, 2.45) is 7.05 Å². The molecule has 0 aliphatic carbocycles. The van der Waals surface area contributed by atoms with Crippen molar-refractivity contribution in [1.82, 2.24) is 9.55 Å². The van der Waals surface area contributed by atoms with Gasteiger partial charge in [-0.15, -0.1) is 0 Å². The highest BCUT2D eigenvalue weighted by molar-refractivity contribution is 5.82. The zero-order valence-corrected chi connectivity index (χ0v) is 9.77. The highest BCUT2D eigenvalue weighted by Crippen LogP contribution is 2.18. The first-order chi connectivity index (χ1) is 8.31. The van der Waals surface area contributed by atoms with Crippen LogP contribution in [-0.4, -0.2) is 9.55 Å². The van der Waals surface area contributed by atoms with E-state index in [1.54, 1.807) is 0 Å². The summed E-state index contributed by atoms with van der Waals surface area (Å²) in [6.45, 7) is 0.858. The van der Waals surface area contributed by atoms with Crippen LogP contribution in [0, 0.1) is 0 Å². The number of nitrogens with zero attached hydrogens (tertiary/aromatic N) is 1. The zero-order chi connectivity index (χ0) is 11.7. The quantitative estimate of drug-likeness (QED) is 0.705. The van der Waals surface area contributed by atoms with Crippen LogP contribution in [0.25, 0.3) is 10.9 Å². The number of hydrogen-bond acceptors (Lipinski definition) is 1. The van der Waals surface area contributed by atoms with Crippen LogP contribution >= 0.6 is 0 Å². The SMILES string of the molecule is Cn1ccc(CNc2ccc3[nH]ccc3c2)c1. The molecule has 0 spiro atoms. The Balaban J connectivity index is 1.76. The summed E-state index contributed by atoms with van der Waals surface area (Å²) in [4.78, 5) is 3.19. The van der Waals surface area contributed by atoms with E-state index < -0.39 is 0 Å². The largest absolute Gasteiger partial charge is 0.381 e. The van der Waals surface area contributed by atoms with Crippen LogP contribution in [0.2, 0.25) is 0 Å². The Kier molecular flexibility index (Phi) is 2.37. The molecule has 2 N–H and O–H groups in total. The minimum Gasteiger partial charge on any atom is -0.381 e. The third kappa shape index (κ3) is 2.04. The first-order valence-electron chi connectivity index (χ1n) is 5.73. The van der Waals surface area contributed by atoms with Crippen LogP contribution in [0.1, 0.15) is 5.56 Å². The maximum absolute atomic E-state index is 3.43. The third-order valence-electron chi connectivity index (χ3n) is 2.94. The lowest BCUT2D eigenvalue weighted by molar-refractivity contribution is 0.920. The smallest absolute Gasteiger partial charge is 0.0455 e. The van der Waals surface area contributed by atoms with Crippen LogP contribution in [-0.2, 0) is 13.6 Å². The maximum Gasteiger partial charge on any atom is 0.0455 e. The van der Waals surface area contributed by atoms with Gasteiger partial charge >= 0.3 is 0 Å². The monoisotopic (exact) mass is 225 g/mol. The summed E-state index contributed by atoms with van der Waals surface area (Å²) in [5, 5.41) is 4.67. The Morgan fingerprint density at radius 2 is 2.18 bits per heavy atom. The number of benzene rings is 1. The fraction of sp³-hybridized carbons (Fsp3) is 0.143. The van der Waals surface area contributed by atoms with Crippen molar-refractivity contribution in [2.75, 3.05) is 5.32 Å². The molecule has 0 aliphatic rings. The molecule has 0 saturated carbocycles. The standard InChI is InChI=1S/C14H15N3/c1-17-7-5-11(10-17)9-16-13-2-3-14-12(8-13)4-6-15-14/h2-8,10,15-16H,9H2,1H3. The van der Waals surface area contributed by atoms with Crippen molar-refractivity contribution in [2.45, 2.75) is 6.54 Å². The Morgan fingerprint density at radius 1 is 1.24 bits per heavy atom. The topological polar surface area (TPSA) is 32.8 Å². The van der Waals surface area contributed by atoms with Gasteiger partial charge in [0.2, 0.25) is 0 Å². The highest BCUT2D eigenvalue weighted by atomic mass is 14.9. The van der Waals surface area contributed by atoms with Crippen molar-refractivity contribution in [3.8, 4) is 0 Å². The van der Waals surface area contributed by atoms with E-state index in [9.17, 15) is 0 Å². The highest BCUT2D eigenvalue weighted by Gasteiger charge is 1.98. The van der Waals surface area contributed by atoms with E-state index in [-0.39, 0.29) is 0 Å². The van der Waals surface area contributed by atoms with Crippen molar-refractivity contribution < 1.29 is 0 Å². The second-order valence-corrected chi connectivity index (χ2v) is 4.32. The molecule has 0 aliphatic heterocycles. The Hall–Kier alpha value is -2.16. The summed E-state index contributed by atoms with van der Waals surface area (Å²) in [5.41, 5.74) is 3.62. The number of aromatic nitrogens is 2. The van der Waals surface area contributed by atoms with E-state index in [1.807, 2.05) is 13.2 Å². The molecule has 86 valence electrons. The molecule has 0 atom stereocenters. The Morgan fingerprint density at radius 3 is 3.00 bits per heavy atom. The van der Waals surface area contributed by atoms with Crippen LogP contribution in [0.15, 0.2) is 48.9 Å².